The summed E-state index contributed by atoms with van der Waals surface area (Å²) >= 11 is 0. The molecule has 0 fully saturated rings. The van der Waals surface area contributed by atoms with Crippen molar-refractivity contribution in [3.63, 3.8) is 0 Å². The van der Waals surface area contributed by atoms with Crippen molar-refractivity contribution in [2.24, 2.45) is 7.05 Å². The summed E-state index contributed by atoms with van der Waals surface area (Å²) < 4.78 is 7.87. The smallest absolute Gasteiger partial charge is 0.264 e. The Kier molecular flexibility index (Phi) is 4.28. The maximum absolute atomic E-state index is 12.3. The number of carbonyl (C=O) groups excluding carboxylic acids is 1. The summed E-state index contributed by atoms with van der Waals surface area (Å²) in [4.78, 5) is 28.5. The molecule has 1 aromatic carbocycles. The SMILES string of the molecule is COc1ccc(CNC(=O)Cn2cnc3c(cnn3C)c2=O)cc1. The molecular weight excluding hydrogens is 310 g/mol. The van der Waals surface area contributed by atoms with Crippen LogP contribution in [0.1, 0.15) is 5.56 Å². The highest BCUT2D eigenvalue weighted by atomic mass is 16.5. The third-order valence-electron chi connectivity index (χ3n) is 3.68. The number of ether oxygens (including phenoxy) is 1. The molecule has 0 saturated heterocycles. The lowest BCUT2D eigenvalue weighted by Gasteiger charge is -2.08. The highest BCUT2D eigenvalue weighted by Gasteiger charge is 2.10. The van der Waals surface area contributed by atoms with Gasteiger partial charge in [-0.15, -0.1) is 0 Å². The molecule has 3 rings (SSSR count). The van der Waals surface area contributed by atoms with Gasteiger partial charge in [0.15, 0.2) is 5.65 Å². The van der Waals surface area contributed by atoms with Crippen LogP contribution in [0, 0.1) is 0 Å². The zero-order chi connectivity index (χ0) is 17.1. The van der Waals surface area contributed by atoms with E-state index in [-0.39, 0.29) is 18.0 Å². The quantitative estimate of drug-likeness (QED) is 0.735. The standard InChI is InChI=1S/C16H17N5O3/c1-20-15-13(8-19-20)16(23)21(10-18-15)9-14(22)17-7-11-3-5-12(24-2)6-4-11/h3-6,8,10H,7,9H2,1-2H3,(H,17,22). The van der Waals surface area contributed by atoms with Gasteiger partial charge in [-0.2, -0.15) is 5.10 Å². The number of rotatable bonds is 5. The van der Waals surface area contributed by atoms with Gasteiger partial charge in [0.05, 0.1) is 13.3 Å². The number of carbonyl (C=O) groups is 1. The summed E-state index contributed by atoms with van der Waals surface area (Å²) in [6, 6.07) is 7.39. The van der Waals surface area contributed by atoms with Crippen molar-refractivity contribution in [1.82, 2.24) is 24.6 Å². The molecule has 124 valence electrons. The molecule has 0 aliphatic rings. The third kappa shape index (κ3) is 3.12. The molecule has 24 heavy (non-hydrogen) atoms. The van der Waals surface area contributed by atoms with Gasteiger partial charge < -0.3 is 10.1 Å². The molecule has 0 atom stereocenters. The van der Waals surface area contributed by atoms with E-state index in [0.717, 1.165) is 11.3 Å². The van der Waals surface area contributed by atoms with Crippen molar-refractivity contribution in [3.05, 3.63) is 52.7 Å². The molecule has 3 aromatic rings. The maximum Gasteiger partial charge on any atom is 0.264 e. The van der Waals surface area contributed by atoms with Gasteiger partial charge in [-0.3, -0.25) is 18.8 Å². The first-order valence-electron chi connectivity index (χ1n) is 7.35. The van der Waals surface area contributed by atoms with Crippen LogP contribution in [0.25, 0.3) is 11.0 Å². The second kappa shape index (κ2) is 6.53. The van der Waals surface area contributed by atoms with Crippen LogP contribution in [-0.4, -0.2) is 32.3 Å². The highest BCUT2D eigenvalue weighted by molar-refractivity contribution is 5.77. The summed E-state index contributed by atoms with van der Waals surface area (Å²) in [7, 11) is 3.31. The average molecular weight is 327 g/mol. The topological polar surface area (TPSA) is 91.0 Å². The Labute approximate surface area is 137 Å². The highest BCUT2D eigenvalue weighted by Crippen LogP contribution is 2.10. The normalized spacial score (nSPS) is 10.8. The molecule has 1 amide bonds. The molecule has 0 bridgehead atoms. The van der Waals surface area contributed by atoms with Crippen LogP contribution < -0.4 is 15.6 Å². The Bertz CT molecular complexity index is 927. The molecule has 0 aliphatic heterocycles. The fraction of sp³-hybridized carbons (Fsp3) is 0.250. The molecule has 0 saturated carbocycles. The molecular formula is C16H17N5O3. The Balaban J connectivity index is 1.66. The Hall–Kier alpha value is -3.16. The first-order chi connectivity index (χ1) is 11.6. The summed E-state index contributed by atoms with van der Waals surface area (Å²) in [5, 5.41) is 7.17. The van der Waals surface area contributed by atoms with Crippen molar-refractivity contribution in [3.8, 4) is 5.75 Å². The van der Waals surface area contributed by atoms with Gasteiger partial charge in [-0.1, -0.05) is 12.1 Å². The zero-order valence-corrected chi connectivity index (χ0v) is 13.4. The molecule has 0 unspecified atom stereocenters. The van der Waals surface area contributed by atoms with Crippen LogP contribution in [0.3, 0.4) is 0 Å². The lowest BCUT2D eigenvalue weighted by molar-refractivity contribution is -0.121. The molecule has 2 aromatic heterocycles. The van der Waals surface area contributed by atoms with Crippen molar-refractivity contribution in [1.29, 1.82) is 0 Å². The first-order valence-corrected chi connectivity index (χ1v) is 7.35. The summed E-state index contributed by atoms with van der Waals surface area (Å²) in [6.07, 6.45) is 2.82. The zero-order valence-electron chi connectivity index (χ0n) is 13.4. The van der Waals surface area contributed by atoms with Crippen LogP contribution in [0.15, 0.2) is 41.6 Å². The fourth-order valence-electron chi connectivity index (χ4n) is 2.33. The van der Waals surface area contributed by atoms with Crippen LogP contribution in [0.5, 0.6) is 5.75 Å². The number of methoxy groups -OCH3 is 1. The van der Waals surface area contributed by atoms with E-state index in [1.54, 1.807) is 14.2 Å². The van der Waals surface area contributed by atoms with E-state index in [1.165, 1.54) is 21.8 Å². The van der Waals surface area contributed by atoms with Gasteiger partial charge in [0.1, 0.15) is 24.0 Å². The van der Waals surface area contributed by atoms with E-state index >= 15 is 0 Å². The average Bonchev–Trinajstić information content (AvgIpc) is 2.98. The van der Waals surface area contributed by atoms with Crippen molar-refractivity contribution < 1.29 is 9.53 Å². The number of fused-ring (bicyclic) bond motifs is 1. The largest absolute Gasteiger partial charge is 0.497 e. The van der Waals surface area contributed by atoms with Crippen molar-refractivity contribution in [2.75, 3.05) is 7.11 Å². The summed E-state index contributed by atoms with van der Waals surface area (Å²) in [5.74, 6) is 0.491. The number of aryl methyl sites for hydroxylation is 1. The Morgan fingerprint density at radius 2 is 2.04 bits per heavy atom. The van der Waals surface area contributed by atoms with Crippen LogP contribution >= 0.6 is 0 Å². The number of hydrogen-bond acceptors (Lipinski definition) is 5. The number of nitrogens with one attached hydrogen (secondary N) is 1. The van der Waals surface area contributed by atoms with E-state index in [2.05, 4.69) is 15.4 Å². The summed E-state index contributed by atoms with van der Waals surface area (Å²) in [6.45, 7) is 0.285. The minimum absolute atomic E-state index is 0.0905. The third-order valence-corrected chi connectivity index (χ3v) is 3.68. The molecule has 0 aliphatic carbocycles. The maximum atomic E-state index is 12.3. The van der Waals surface area contributed by atoms with Crippen molar-refractivity contribution >= 4 is 16.9 Å². The van der Waals surface area contributed by atoms with Crippen LogP contribution in [0.2, 0.25) is 0 Å². The lowest BCUT2D eigenvalue weighted by Crippen LogP contribution is -2.32. The molecule has 1 N–H and O–H groups in total. The summed E-state index contributed by atoms with van der Waals surface area (Å²) in [5.41, 5.74) is 1.15. The lowest BCUT2D eigenvalue weighted by atomic mass is 10.2. The first kappa shape index (κ1) is 15.7. The van der Waals surface area contributed by atoms with E-state index in [1.807, 2.05) is 24.3 Å². The second-order valence-electron chi connectivity index (χ2n) is 5.31. The van der Waals surface area contributed by atoms with Gasteiger partial charge in [-0.25, -0.2) is 4.98 Å². The van der Waals surface area contributed by atoms with Crippen LogP contribution in [-0.2, 0) is 24.9 Å². The molecule has 0 radical (unpaired) electrons. The molecule has 0 spiro atoms. The van der Waals surface area contributed by atoms with Crippen LogP contribution in [0.4, 0.5) is 0 Å². The minimum atomic E-state index is -0.285. The number of hydrogen-bond donors (Lipinski definition) is 1. The minimum Gasteiger partial charge on any atom is -0.497 e. The van der Waals surface area contributed by atoms with E-state index in [0.29, 0.717) is 17.6 Å². The van der Waals surface area contributed by atoms with Gasteiger partial charge in [0, 0.05) is 13.6 Å². The van der Waals surface area contributed by atoms with Gasteiger partial charge in [0.2, 0.25) is 5.91 Å². The molecule has 2 heterocycles. The van der Waals surface area contributed by atoms with E-state index < -0.39 is 0 Å². The van der Waals surface area contributed by atoms with E-state index in [4.69, 9.17) is 4.74 Å². The van der Waals surface area contributed by atoms with Crippen molar-refractivity contribution in [2.45, 2.75) is 13.1 Å². The number of amides is 1. The predicted molar refractivity (Wildman–Crippen MR) is 87.6 cm³/mol. The second-order valence-corrected chi connectivity index (χ2v) is 5.31. The van der Waals surface area contributed by atoms with Gasteiger partial charge >= 0.3 is 0 Å². The molecule has 8 nitrogen and oxygen atoms in total. The number of nitrogens with zero attached hydrogens (tertiary/aromatic N) is 4. The molecule has 8 heteroatoms. The predicted octanol–water partition coefficient (Wildman–Crippen LogP) is 0.455. The van der Waals surface area contributed by atoms with E-state index in [9.17, 15) is 9.59 Å². The monoisotopic (exact) mass is 327 g/mol. The van der Waals surface area contributed by atoms with Gasteiger partial charge in [-0.05, 0) is 17.7 Å². The number of benzene rings is 1. The van der Waals surface area contributed by atoms with Gasteiger partial charge in [0.25, 0.3) is 5.56 Å². The fourth-order valence-corrected chi connectivity index (χ4v) is 2.33. The Morgan fingerprint density at radius 3 is 2.75 bits per heavy atom. The number of aromatic nitrogens is 4. The Morgan fingerprint density at radius 1 is 1.29 bits per heavy atom.